The van der Waals surface area contributed by atoms with Gasteiger partial charge in [-0.3, -0.25) is 0 Å². The molecule has 0 atom stereocenters. The van der Waals surface area contributed by atoms with Crippen molar-refractivity contribution < 1.29 is 17.6 Å². The maximum absolute atomic E-state index is 14.8. The predicted molar refractivity (Wildman–Crippen MR) is 114 cm³/mol. The molecule has 1 N–H and O–H groups in total. The highest BCUT2D eigenvalue weighted by Crippen LogP contribution is 2.32. The third-order valence-corrected chi connectivity index (χ3v) is 7.35. The highest BCUT2D eigenvalue weighted by molar-refractivity contribution is 7.92. The Bertz CT molecular complexity index is 1050. The summed E-state index contributed by atoms with van der Waals surface area (Å²) >= 11 is 0. The molecule has 0 aliphatic carbocycles. The Morgan fingerprint density at radius 1 is 1.10 bits per heavy atom. The third-order valence-electron chi connectivity index (χ3n) is 5.84. The van der Waals surface area contributed by atoms with E-state index in [1.165, 1.54) is 10.4 Å². The molecule has 0 bridgehead atoms. The van der Waals surface area contributed by atoms with Crippen LogP contribution in [0.25, 0.3) is 0 Å². The van der Waals surface area contributed by atoms with Crippen molar-refractivity contribution in [2.24, 2.45) is 0 Å². The fourth-order valence-electron chi connectivity index (χ4n) is 4.14. The SMILES string of the molecule is C=CS(=O)(=O)N1CCC(c2ccc(NC(=O)N3Cc4ccccc4C3)cc2F)CC1. The number of nitrogens with zero attached hydrogens (tertiary/aromatic N) is 2. The minimum absolute atomic E-state index is 0.0564. The van der Waals surface area contributed by atoms with E-state index in [1.54, 1.807) is 17.0 Å². The van der Waals surface area contributed by atoms with Gasteiger partial charge in [0.05, 0.1) is 0 Å². The summed E-state index contributed by atoms with van der Waals surface area (Å²) in [5, 5.41) is 3.72. The Morgan fingerprint density at radius 2 is 1.73 bits per heavy atom. The fraction of sp³-hybridized carbons (Fsp3) is 0.318. The largest absolute Gasteiger partial charge is 0.322 e. The summed E-state index contributed by atoms with van der Waals surface area (Å²) in [6.45, 7) is 5.10. The topological polar surface area (TPSA) is 69.7 Å². The number of anilines is 1. The van der Waals surface area contributed by atoms with Crippen LogP contribution in [-0.4, -0.2) is 36.7 Å². The van der Waals surface area contributed by atoms with Crippen LogP contribution in [0.3, 0.4) is 0 Å². The molecule has 0 unspecified atom stereocenters. The number of fused-ring (bicyclic) bond motifs is 1. The molecule has 2 heterocycles. The molecule has 2 aliphatic heterocycles. The summed E-state index contributed by atoms with van der Waals surface area (Å²) in [7, 11) is -3.43. The van der Waals surface area contributed by atoms with Crippen molar-refractivity contribution in [1.82, 2.24) is 9.21 Å². The zero-order chi connectivity index (χ0) is 21.3. The van der Waals surface area contributed by atoms with Crippen LogP contribution in [0.2, 0.25) is 0 Å². The van der Waals surface area contributed by atoms with Crippen LogP contribution in [0.1, 0.15) is 35.4 Å². The third kappa shape index (κ3) is 4.11. The molecule has 2 aromatic rings. The maximum Gasteiger partial charge on any atom is 0.322 e. The van der Waals surface area contributed by atoms with Gasteiger partial charge in [0.15, 0.2) is 0 Å². The van der Waals surface area contributed by atoms with Crippen LogP contribution in [-0.2, 0) is 23.1 Å². The van der Waals surface area contributed by atoms with E-state index in [1.807, 2.05) is 24.3 Å². The van der Waals surface area contributed by atoms with E-state index in [0.29, 0.717) is 50.3 Å². The van der Waals surface area contributed by atoms with Crippen molar-refractivity contribution in [1.29, 1.82) is 0 Å². The number of rotatable bonds is 4. The molecule has 1 saturated heterocycles. The first kappa shape index (κ1) is 20.6. The number of benzene rings is 2. The number of hydrogen-bond acceptors (Lipinski definition) is 3. The molecular weight excluding hydrogens is 405 g/mol. The van der Waals surface area contributed by atoms with E-state index in [0.717, 1.165) is 16.5 Å². The molecule has 6 nitrogen and oxygen atoms in total. The highest BCUT2D eigenvalue weighted by Gasteiger charge is 2.28. The molecular formula is C22H24FN3O3S. The van der Waals surface area contributed by atoms with Crippen LogP contribution in [0.15, 0.2) is 54.5 Å². The summed E-state index contributed by atoms with van der Waals surface area (Å²) in [5.41, 5.74) is 3.21. The fourth-order valence-corrected chi connectivity index (χ4v) is 5.07. The van der Waals surface area contributed by atoms with Crippen molar-refractivity contribution >= 4 is 21.7 Å². The second-order valence-electron chi connectivity index (χ2n) is 7.68. The number of piperidine rings is 1. The number of urea groups is 1. The van der Waals surface area contributed by atoms with Crippen molar-refractivity contribution in [2.45, 2.75) is 31.8 Å². The van der Waals surface area contributed by atoms with Crippen LogP contribution in [0.5, 0.6) is 0 Å². The summed E-state index contributed by atoms with van der Waals surface area (Å²) in [4.78, 5) is 14.2. The first-order valence-electron chi connectivity index (χ1n) is 9.92. The monoisotopic (exact) mass is 429 g/mol. The number of nitrogens with one attached hydrogen (secondary N) is 1. The normalized spacial score (nSPS) is 17.6. The van der Waals surface area contributed by atoms with Gasteiger partial charge in [0.2, 0.25) is 10.0 Å². The summed E-state index contributed by atoms with van der Waals surface area (Å²) in [5.74, 6) is -0.443. The minimum Gasteiger partial charge on any atom is -0.316 e. The molecule has 2 aliphatic rings. The molecule has 0 spiro atoms. The van der Waals surface area contributed by atoms with E-state index >= 15 is 0 Å². The van der Waals surface area contributed by atoms with Crippen molar-refractivity contribution in [2.75, 3.05) is 18.4 Å². The Hall–Kier alpha value is -2.71. The molecule has 8 heteroatoms. The number of carbonyl (C=O) groups excluding carboxylic acids is 1. The van der Waals surface area contributed by atoms with Gasteiger partial charge in [-0.25, -0.2) is 17.6 Å². The molecule has 4 rings (SSSR count). The van der Waals surface area contributed by atoms with Gasteiger partial charge >= 0.3 is 6.03 Å². The maximum atomic E-state index is 14.8. The number of amides is 2. The Labute approximate surface area is 176 Å². The van der Waals surface area contributed by atoms with E-state index in [-0.39, 0.29) is 17.8 Å². The van der Waals surface area contributed by atoms with Crippen molar-refractivity contribution in [3.8, 4) is 0 Å². The Morgan fingerprint density at radius 3 is 2.30 bits per heavy atom. The van der Waals surface area contributed by atoms with Crippen molar-refractivity contribution in [3.63, 3.8) is 0 Å². The lowest BCUT2D eigenvalue weighted by Gasteiger charge is -2.30. The van der Waals surface area contributed by atoms with E-state index in [2.05, 4.69) is 11.9 Å². The molecule has 158 valence electrons. The average molecular weight is 430 g/mol. The molecule has 30 heavy (non-hydrogen) atoms. The first-order valence-corrected chi connectivity index (χ1v) is 11.4. The highest BCUT2D eigenvalue weighted by atomic mass is 32.2. The van der Waals surface area contributed by atoms with Crippen LogP contribution >= 0.6 is 0 Å². The van der Waals surface area contributed by atoms with Crippen molar-refractivity contribution in [3.05, 3.63) is 77.0 Å². The number of halogens is 1. The first-order chi connectivity index (χ1) is 14.4. The zero-order valence-electron chi connectivity index (χ0n) is 16.6. The lowest BCUT2D eigenvalue weighted by Crippen LogP contribution is -2.36. The lowest BCUT2D eigenvalue weighted by atomic mass is 9.90. The van der Waals surface area contributed by atoms with E-state index in [9.17, 15) is 17.6 Å². The zero-order valence-corrected chi connectivity index (χ0v) is 17.4. The van der Waals surface area contributed by atoms with Gasteiger partial charge in [0.1, 0.15) is 5.82 Å². The van der Waals surface area contributed by atoms with Gasteiger partial charge in [0.25, 0.3) is 0 Å². The Balaban J connectivity index is 1.38. The molecule has 2 amide bonds. The van der Waals surface area contributed by atoms with E-state index in [4.69, 9.17) is 0 Å². The number of hydrogen-bond donors (Lipinski definition) is 1. The van der Waals surface area contributed by atoms with Gasteiger partial charge in [-0.15, -0.1) is 0 Å². The number of sulfonamides is 1. The quantitative estimate of drug-likeness (QED) is 0.798. The average Bonchev–Trinajstić information content (AvgIpc) is 3.18. The van der Waals surface area contributed by atoms with Crippen LogP contribution in [0.4, 0.5) is 14.9 Å². The molecule has 0 aromatic heterocycles. The molecule has 1 fully saturated rings. The van der Waals surface area contributed by atoms with Crippen LogP contribution < -0.4 is 5.32 Å². The summed E-state index contributed by atoms with van der Waals surface area (Å²) < 4.78 is 39.9. The molecule has 2 aromatic carbocycles. The molecule has 0 radical (unpaired) electrons. The van der Waals surface area contributed by atoms with Gasteiger partial charge in [-0.1, -0.05) is 36.9 Å². The Kier molecular flexibility index (Phi) is 5.62. The summed E-state index contributed by atoms with van der Waals surface area (Å²) in [6.07, 6.45) is 1.09. The van der Waals surface area contributed by atoms with Gasteiger partial charge in [0, 0.05) is 37.3 Å². The van der Waals surface area contributed by atoms with Gasteiger partial charge in [-0.2, -0.15) is 4.31 Å². The van der Waals surface area contributed by atoms with Gasteiger partial charge in [-0.05, 0) is 47.6 Å². The second-order valence-corrected chi connectivity index (χ2v) is 9.56. The summed E-state index contributed by atoms with van der Waals surface area (Å²) in [6, 6.07) is 12.4. The van der Waals surface area contributed by atoms with Crippen LogP contribution in [0, 0.1) is 5.82 Å². The predicted octanol–water partition coefficient (Wildman–Crippen LogP) is 4.03. The smallest absolute Gasteiger partial charge is 0.316 e. The minimum atomic E-state index is -3.43. The lowest BCUT2D eigenvalue weighted by molar-refractivity contribution is 0.212. The number of carbonyl (C=O) groups is 1. The van der Waals surface area contributed by atoms with Gasteiger partial charge < -0.3 is 10.2 Å². The van der Waals surface area contributed by atoms with E-state index < -0.39 is 10.0 Å². The second kappa shape index (κ2) is 8.20. The standard InChI is InChI=1S/C22H24FN3O3S/c1-2-30(28,29)26-11-9-16(10-12-26)20-8-7-19(13-21(20)23)24-22(27)25-14-17-5-3-4-6-18(17)15-25/h2-8,13,16H,1,9-12,14-15H2,(H,24,27). The molecule has 0 saturated carbocycles.